The van der Waals surface area contributed by atoms with Crippen LogP contribution in [0.4, 0.5) is 5.69 Å². The number of nitro groups is 1. The number of pyridine rings is 1. The number of amides is 1. The fourth-order valence-electron chi connectivity index (χ4n) is 4.03. The van der Waals surface area contributed by atoms with Crippen LogP contribution >= 0.6 is 0 Å². The number of rotatable bonds is 6. The van der Waals surface area contributed by atoms with Gasteiger partial charge in [0.2, 0.25) is 0 Å². The Hall–Kier alpha value is -3.55. The number of carbonyl (C=O) groups is 1. The Labute approximate surface area is 174 Å². The maximum atomic E-state index is 12.7. The molecule has 30 heavy (non-hydrogen) atoms. The minimum Gasteiger partial charge on any atom is -0.346 e. The predicted octanol–water partition coefficient (Wildman–Crippen LogP) is 4.21. The molecule has 1 amide bonds. The van der Waals surface area contributed by atoms with E-state index in [1.807, 2.05) is 18.2 Å². The zero-order valence-corrected chi connectivity index (χ0v) is 16.7. The van der Waals surface area contributed by atoms with Gasteiger partial charge in [-0.3, -0.25) is 24.6 Å². The van der Waals surface area contributed by atoms with Gasteiger partial charge in [0.15, 0.2) is 0 Å². The fourth-order valence-corrected chi connectivity index (χ4v) is 4.03. The van der Waals surface area contributed by atoms with Gasteiger partial charge in [-0.2, -0.15) is 5.10 Å². The van der Waals surface area contributed by atoms with Crippen LogP contribution in [0.25, 0.3) is 11.3 Å². The molecule has 8 nitrogen and oxygen atoms in total. The lowest BCUT2D eigenvalue weighted by Crippen LogP contribution is -2.24. The first-order chi connectivity index (χ1) is 14.5. The van der Waals surface area contributed by atoms with Gasteiger partial charge >= 0.3 is 0 Å². The largest absolute Gasteiger partial charge is 0.346 e. The molecule has 0 atom stereocenters. The molecule has 1 saturated carbocycles. The van der Waals surface area contributed by atoms with Gasteiger partial charge in [0.25, 0.3) is 11.6 Å². The number of hydrogen-bond donors (Lipinski definition) is 1. The molecule has 1 aromatic carbocycles. The zero-order valence-electron chi connectivity index (χ0n) is 16.7. The van der Waals surface area contributed by atoms with Gasteiger partial charge in [0.05, 0.1) is 28.9 Å². The molecular formula is C22H23N5O3. The molecule has 0 radical (unpaired) electrons. The molecular weight excluding hydrogens is 382 g/mol. The Balaban J connectivity index is 1.56. The van der Waals surface area contributed by atoms with Crippen molar-refractivity contribution in [3.8, 4) is 11.3 Å². The normalized spacial score (nSPS) is 14.0. The summed E-state index contributed by atoms with van der Waals surface area (Å²) in [6.07, 6.45) is 8.09. The average molecular weight is 405 g/mol. The minimum absolute atomic E-state index is 0.0619. The summed E-state index contributed by atoms with van der Waals surface area (Å²) >= 11 is 0. The molecule has 1 fully saturated rings. The zero-order chi connectivity index (χ0) is 21.1. The van der Waals surface area contributed by atoms with E-state index >= 15 is 0 Å². The highest BCUT2D eigenvalue weighted by Crippen LogP contribution is 2.33. The van der Waals surface area contributed by atoms with Crippen LogP contribution in [0, 0.1) is 17.0 Å². The lowest BCUT2D eigenvalue weighted by Gasteiger charge is -2.14. The van der Waals surface area contributed by atoms with Crippen molar-refractivity contribution in [3.05, 3.63) is 75.7 Å². The van der Waals surface area contributed by atoms with Crippen LogP contribution < -0.4 is 5.32 Å². The van der Waals surface area contributed by atoms with E-state index in [1.165, 1.54) is 25.0 Å². The highest BCUT2D eigenvalue weighted by molar-refractivity contribution is 5.96. The lowest BCUT2D eigenvalue weighted by molar-refractivity contribution is -0.385. The van der Waals surface area contributed by atoms with Gasteiger partial charge in [-0.25, -0.2) is 0 Å². The molecule has 1 aliphatic carbocycles. The highest BCUT2D eigenvalue weighted by atomic mass is 16.6. The quantitative estimate of drug-likeness (QED) is 0.489. The van der Waals surface area contributed by atoms with Crippen molar-refractivity contribution >= 4 is 11.6 Å². The lowest BCUT2D eigenvalue weighted by atomic mass is 10.1. The van der Waals surface area contributed by atoms with Crippen molar-refractivity contribution in [2.75, 3.05) is 0 Å². The molecule has 2 aromatic heterocycles. The molecule has 154 valence electrons. The predicted molar refractivity (Wildman–Crippen MR) is 112 cm³/mol. The second kappa shape index (κ2) is 8.44. The van der Waals surface area contributed by atoms with E-state index in [0.717, 1.165) is 29.8 Å². The van der Waals surface area contributed by atoms with Gasteiger partial charge in [-0.05, 0) is 44.0 Å². The number of nitrogens with one attached hydrogen (secondary N) is 1. The number of nitrogens with zero attached hydrogens (tertiary/aromatic N) is 4. The third-order valence-electron chi connectivity index (χ3n) is 5.61. The second-order valence-electron chi connectivity index (χ2n) is 7.53. The van der Waals surface area contributed by atoms with Gasteiger partial charge in [-0.1, -0.05) is 18.9 Å². The Morgan fingerprint density at radius 3 is 2.67 bits per heavy atom. The summed E-state index contributed by atoms with van der Waals surface area (Å²) in [7, 11) is 0. The van der Waals surface area contributed by atoms with Crippen molar-refractivity contribution in [1.82, 2.24) is 20.1 Å². The molecule has 0 spiro atoms. The summed E-state index contributed by atoms with van der Waals surface area (Å²) in [5.74, 6) is -0.350. The van der Waals surface area contributed by atoms with E-state index in [2.05, 4.69) is 15.0 Å². The Bertz CT molecular complexity index is 1070. The summed E-state index contributed by atoms with van der Waals surface area (Å²) in [5, 5.41) is 18.8. The summed E-state index contributed by atoms with van der Waals surface area (Å²) in [6.45, 7) is 1.84. The molecule has 3 aromatic rings. The summed E-state index contributed by atoms with van der Waals surface area (Å²) in [5.41, 5.74) is 3.40. The SMILES string of the molecule is Cc1c(C(=O)NCc2cc(-c3ccncc3)n(C3CCCC3)n2)cccc1[N+](=O)[O-]. The monoisotopic (exact) mass is 405 g/mol. The molecule has 4 rings (SSSR count). The molecule has 0 saturated heterocycles. The van der Waals surface area contributed by atoms with Crippen molar-refractivity contribution in [2.24, 2.45) is 0 Å². The van der Waals surface area contributed by atoms with Crippen LogP contribution in [0.3, 0.4) is 0 Å². The molecule has 0 aliphatic heterocycles. The van der Waals surface area contributed by atoms with E-state index in [9.17, 15) is 14.9 Å². The van der Waals surface area contributed by atoms with Crippen LogP contribution in [-0.4, -0.2) is 25.6 Å². The number of nitro benzene ring substituents is 1. The first-order valence-electron chi connectivity index (χ1n) is 10.1. The first-order valence-corrected chi connectivity index (χ1v) is 10.1. The molecule has 1 aliphatic rings. The average Bonchev–Trinajstić information content (AvgIpc) is 3.42. The Morgan fingerprint density at radius 1 is 1.23 bits per heavy atom. The minimum atomic E-state index is -0.476. The highest BCUT2D eigenvalue weighted by Gasteiger charge is 2.23. The van der Waals surface area contributed by atoms with E-state index in [-0.39, 0.29) is 18.1 Å². The van der Waals surface area contributed by atoms with E-state index < -0.39 is 4.92 Å². The van der Waals surface area contributed by atoms with Crippen molar-refractivity contribution in [1.29, 1.82) is 0 Å². The van der Waals surface area contributed by atoms with Crippen LogP contribution in [-0.2, 0) is 6.54 Å². The summed E-state index contributed by atoms with van der Waals surface area (Å²) in [4.78, 5) is 27.4. The van der Waals surface area contributed by atoms with Gasteiger partial charge < -0.3 is 5.32 Å². The van der Waals surface area contributed by atoms with Crippen LogP contribution in [0.2, 0.25) is 0 Å². The van der Waals surface area contributed by atoms with E-state index in [0.29, 0.717) is 17.2 Å². The maximum absolute atomic E-state index is 12.7. The molecule has 0 bridgehead atoms. The Kier molecular flexibility index (Phi) is 5.56. The molecule has 0 unspecified atom stereocenters. The van der Waals surface area contributed by atoms with Gasteiger partial charge in [0, 0.05) is 35.2 Å². The number of aromatic nitrogens is 3. The third-order valence-corrected chi connectivity index (χ3v) is 5.61. The van der Waals surface area contributed by atoms with Gasteiger partial charge in [-0.15, -0.1) is 0 Å². The van der Waals surface area contributed by atoms with Crippen LogP contribution in [0.5, 0.6) is 0 Å². The molecule has 1 N–H and O–H groups in total. The number of hydrogen-bond acceptors (Lipinski definition) is 5. The van der Waals surface area contributed by atoms with E-state index in [4.69, 9.17) is 5.10 Å². The number of benzene rings is 1. The molecule has 2 heterocycles. The third kappa shape index (κ3) is 3.94. The molecule has 8 heteroatoms. The summed E-state index contributed by atoms with van der Waals surface area (Å²) < 4.78 is 2.07. The van der Waals surface area contributed by atoms with Crippen molar-refractivity contribution in [2.45, 2.75) is 45.2 Å². The topological polar surface area (TPSA) is 103 Å². The maximum Gasteiger partial charge on any atom is 0.273 e. The smallest absolute Gasteiger partial charge is 0.273 e. The van der Waals surface area contributed by atoms with E-state index in [1.54, 1.807) is 25.4 Å². The number of carbonyl (C=O) groups excluding carboxylic acids is 1. The standard InChI is InChI=1S/C22H23N5O3/c1-15-19(7-4-8-20(15)27(29)30)22(28)24-14-17-13-21(16-9-11-23-12-10-16)26(25-17)18-5-2-3-6-18/h4,7-13,18H,2-3,5-6,14H2,1H3,(H,24,28). The first kappa shape index (κ1) is 19.8. The fraction of sp³-hybridized carbons (Fsp3) is 0.318. The Morgan fingerprint density at radius 2 is 1.97 bits per heavy atom. The second-order valence-corrected chi connectivity index (χ2v) is 7.53. The van der Waals surface area contributed by atoms with Crippen LogP contribution in [0.1, 0.15) is 53.3 Å². The van der Waals surface area contributed by atoms with Crippen molar-refractivity contribution in [3.63, 3.8) is 0 Å². The van der Waals surface area contributed by atoms with Gasteiger partial charge in [0.1, 0.15) is 0 Å². The van der Waals surface area contributed by atoms with Crippen LogP contribution in [0.15, 0.2) is 48.8 Å². The summed E-state index contributed by atoms with van der Waals surface area (Å²) in [6, 6.07) is 10.8. The van der Waals surface area contributed by atoms with Crippen molar-refractivity contribution < 1.29 is 9.72 Å².